The Balaban J connectivity index is 0.000000240. The summed E-state index contributed by atoms with van der Waals surface area (Å²) in [6.07, 6.45) is 4.43. The topological polar surface area (TPSA) is 65.3 Å². The number of aliphatic imine (C=N–C) groups is 2. The Morgan fingerprint density at radius 2 is 0.971 bits per heavy atom. The molecule has 0 N–H and O–H groups in total. The summed E-state index contributed by atoms with van der Waals surface area (Å²) in [5.74, 6) is -0.736. The molecule has 2 aliphatic heterocycles. The third kappa shape index (κ3) is 8.76. The van der Waals surface area contributed by atoms with Gasteiger partial charge in [0.15, 0.2) is 0 Å². The van der Waals surface area contributed by atoms with Gasteiger partial charge in [-0.15, -0.1) is 0 Å². The molecule has 0 bridgehead atoms. The van der Waals surface area contributed by atoms with E-state index in [1.54, 1.807) is 48.5 Å². The molecule has 2 aromatic rings. The third-order valence-electron chi connectivity index (χ3n) is 5.36. The van der Waals surface area contributed by atoms with Crippen LogP contribution in [0, 0.1) is 0 Å². The second-order valence-electron chi connectivity index (χ2n) is 7.75. The summed E-state index contributed by atoms with van der Waals surface area (Å²) < 4.78 is 0. The predicted octanol–water partition coefficient (Wildman–Crippen LogP) is 4.96. The number of halogens is 2. The van der Waals surface area contributed by atoms with Crippen LogP contribution >= 0.6 is 23.2 Å². The van der Waals surface area contributed by atoms with Crippen LogP contribution in [0.4, 0.5) is 0 Å². The number of carbonyl (C=O) groups excluding carboxylic acids is 2. The molecule has 2 saturated heterocycles. The van der Waals surface area contributed by atoms with Gasteiger partial charge >= 0.3 is 19.5 Å². The van der Waals surface area contributed by atoms with Crippen molar-refractivity contribution >= 4 is 70.6 Å². The first kappa shape index (κ1) is 29.6. The Bertz CT molecular complexity index is 1000. The van der Waals surface area contributed by atoms with Gasteiger partial charge in [0.1, 0.15) is 0 Å². The molecule has 0 aliphatic carbocycles. The number of amidine groups is 2. The molecule has 2 fully saturated rings. The van der Waals surface area contributed by atoms with Crippen molar-refractivity contribution in [1.82, 2.24) is 9.80 Å². The fourth-order valence-electron chi connectivity index (χ4n) is 3.52. The van der Waals surface area contributed by atoms with Crippen LogP contribution in [0.25, 0.3) is 0 Å². The first-order valence-corrected chi connectivity index (χ1v) is 12.5. The Labute approximate surface area is 239 Å². The van der Waals surface area contributed by atoms with Gasteiger partial charge in [0.05, 0.1) is 21.2 Å². The van der Waals surface area contributed by atoms with Crippen molar-refractivity contribution in [1.29, 1.82) is 0 Å². The molecule has 35 heavy (non-hydrogen) atoms. The summed E-state index contributed by atoms with van der Waals surface area (Å²) in [6, 6.07) is 13.7. The maximum Gasteiger partial charge on any atom is 2.00 e. The fourth-order valence-corrected chi connectivity index (χ4v) is 4.49. The first-order valence-electron chi connectivity index (χ1n) is 11.0. The average molecular weight is 601 g/mol. The van der Waals surface area contributed by atoms with Crippen molar-refractivity contribution in [2.45, 2.75) is 25.7 Å². The number of nitrogens with zero attached hydrogens (tertiary/aromatic N) is 4. The molecule has 2 amide bonds. The van der Waals surface area contributed by atoms with Gasteiger partial charge in [0.25, 0.3) is 11.8 Å². The molecule has 2 aromatic carbocycles. The summed E-state index contributed by atoms with van der Waals surface area (Å²) in [6.45, 7) is 3.55. The fraction of sp³-hybridized carbons (Fsp3) is 0.333. The van der Waals surface area contributed by atoms with E-state index in [2.05, 4.69) is 9.98 Å². The molecule has 0 radical (unpaired) electrons. The zero-order valence-corrected chi connectivity index (χ0v) is 25.3. The number of rotatable bonds is 2. The van der Waals surface area contributed by atoms with E-state index in [0.29, 0.717) is 31.5 Å². The Hall–Kier alpha value is -1.64. The first-order chi connectivity index (χ1) is 16.4. The van der Waals surface area contributed by atoms with Gasteiger partial charge < -0.3 is 35.1 Å². The van der Waals surface area contributed by atoms with E-state index >= 15 is 0 Å². The van der Waals surface area contributed by atoms with E-state index in [-0.39, 0.29) is 31.3 Å². The monoisotopic (exact) mass is 598 g/mol. The van der Waals surface area contributed by atoms with Crippen LogP contribution in [0.5, 0.6) is 0 Å². The molecule has 0 spiro atoms. The van der Waals surface area contributed by atoms with Gasteiger partial charge in [0.2, 0.25) is 0 Å². The second kappa shape index (κ2) is 14.8. The number of hydrogen-bond acceptors (Lipinski definition) is 4. The molecule has 0 saturated carbocycles. The van der Waals surface area contributed by atoms with E-state index in [1.807, 2.05) is 9.80 Å². The number of carbonyl (C=O) groups is 2. The molecule has 2 aliphatic rings. The minimum absolute atomic E-state index is 0. The molecule has 4 rings (SSSR count). The van der Waals surface area contributed by atoms with Crippen LogP contribution in [0.1, 0.15) is 46.4 Å². The van der Waals surface area contributed by atoms with Crippen molar-refractivity contribution < 1.29 is 29.1 Å². The number of likely N-dealkylation sites (tertiary alicyclic amines) is 2. The molecular weight excluding hydrogens is 577 g/mol. The van der Waals surface area contributed by atoms with E-state index in [9.17, 15) is 9.59 Å². The maximum absolute atomic E-state index is 11.9. The summed E-state index contributed by atoms with van der Waals surface area (Å²) in [5, 5.41) is 1.55. The Morgan fingerprint density at radius 1 is 0.657 bits per heavy atom. The SMILES string of the molecule is O=C(N=C([S-])N1CCCC1)c1ccccc1Cl.O=C(N=C([S-])N1CCCC1)c1ccccc1Cl.[Zn+2]. The molecule has 2 heterocycles. The number of hydrogen-bond donors (Lipinski definition) is 0. The zero-order valence-electron chi connectivity index (χ0n) is 19.2. The minimum Gasteiger partial charge on any atom is -0.742 e. The standard InChI is InChI=1S/2C12H13ClN2OS.Zn/c2*13-10-6-2-1-5-9(10)11(16)14-12(17)15-7-3-4-8-15;/h2*1-2,5-6H,3-4,7-8H2,(H,14,16,17);/q;;+2/p-2. The van der Waals surface area contributed by atoms with Crippen molar-refractivity contribution in [2.24, 2.45) is 9.98 Å². The summed E-state index contributed by atoms with van der Waals surface area (Å²) >= 11 is 22.1. The van der Waals surface area contributed by atoms with Gasteiger partial charge in [-0.1, -0.05) is 47.5 Å². The third-order valence-corrected chi connectivity index (χ3v) is 6.71. The van der Waals surface area contributed by atoms with Crippen LogP contribution in [0.2, 0.25) is 10.0 Å². The number of benzene rings is 2. The Kier molecular flexibility index (Phi) is 12.5. The van der Waals surface area contributed by atoms with Crippen molar-refractivity contribution in [3.05, 3.63) is 69.7 Å². The molecule has 0 aromatic heterocycles. The van der Waals surface area contributed by atoms with Crippen molar-refractivity contribution in [3.8, 4) is 0 Å². The summed E-state index contributed by atoms with van der Waals surface area (Å²) in [7, 11) is 0. The quantitative estimate of drug-likeness (QED) is 0.210. The van der Waals surface area contributed by atoms with E-state index in [0.717, 1.165) is 51.9 Å². The maximum atomic E-state index is 11.9. The van der Waals surface area contributed by atoms with Gasteiger partial charge in [-0.3, -0.25) is 9.59 Å². The Morgan fingerprint density at radius 3 is 1.29 bits per heavy atom. The second-order valence-corrected chi connectivity index (χ2v) is 9.29. The van der Waals surface area contributed by atoms with Crippen molar-refractivity contribution in [2.75, 3.05) is 26.2 Å². The van der Waals surface area contributed by atoms with E-state index in [1.165, 1.54) is 0 Å². The zero-order chi connectivity index (χ0) is 24.5. The van der Waals surface area contributed by atoms with Gasteiger partial charge in [-0.2, -0.15) is 0 Å². The molecular formula is C24H24Cl2N4O2S2Zn. The predicted molar refractivity (Wildman–Crippen MR) is 143 cm³/mol. The van der Waals surface area contributed by atoms with Crippen LogP contribution in [0.3, 0.4) is 0 Å². The van der Waals surface area contributed by atoms with Gasteiger partial charge in [-0.05, 0) is 60.3 Å². The smallest absolute Gasteiger partial charge is 0.742 e. The average Bonchev–Trinajstić information content (AvgIpc) is 3.54. The van der Waals surface area contributed by atoms with Crippen LogP contribution in [-0.4, -0.2) is 58.1 Å². The van der Waals surface area contributed by atoms with E-state index < -0.39 is 0 Å². The normalized spacial score (nSPS) is 15.8. The summed E-state index contributed by atoms with van der Waals surface area (Å²) in [4.78, 5) is 35.5. The van der Waals surface area contributed by atoms with Gasteiger partial charge in [0, 0.05) is 26.2 Å². The number of amides is 2. The molecule has 0 unspecified atom stereocenters. The van der Waals surface area contributed by atoms with Crippen molar-refractivity contribution in [3.63, 3.8) is 0 Å². The molecule has 0 atom stereocenters. The molecule has 6 nitrogen and oxygen atoms in total. The van der Waals surface area contributed by atoms with Crippen LogP contribution < -0.4 is 0 Å². The van der Waals surface area contributed by atoms with Crippen LogP contribution in [-0.2, 0) is 44.7 Å². The largest absolute Gasteiger partial charge is 2.00 e. The minimum atomic E-state index is -0.368. The molecule has 180 valence electrons. The molecule has 11 heteroatoms. The van der Waals surface area contributed by atoms with Crippen LogP contribution in [0.15, 0.2) is 58.5 Å². The summed E-state index contributed by atoms with van der Waals surface area (Å²) in [5.41, 5.74) is 0.798. The van der Waals surface area contributed by atoms with Gasteiger partial charge in [-0.25, -0.2) is 9.98 Å². The van der Waals surface area contributed by atoms with E-state index in [4.69, 9.17) is 48.5 Å².